The van der Waals surface area contributed by atoms with Crippen molar-refractivity contribution < 1.29 is 14.2 Å². The van der Waals surface area contributed by atoms with Gasteiger partial charge in [-0.05, 0) is 75.1 Å². The summed E-state index contributed by atoms with van der Waals surface area (Å²) in [6.45, 7) is 5.04. The Kier molecular flexibility index (Phi) is 7.54. The van der Waals surface area contributed by atoms with Gasteiger partial charge in [-0.2, -0.15) is 5.10 Å². The highest BCUT2D eigenvalue weighted by molar-refractivity contribution is 5.34. The predicted molar refractivity (Wildman–Crippen MR) is 130 cm³/mol. The largest absolute Gasteiger partial charge is 0.490 e. The smallest absolute Gasteiger partial charge is 0.328 e. The summed E-state index contributed by atoms with van der Waals surface area (Å²) in [6.07, 6.45) is 6.42. The third kappa shape index (κ3) is 6.28. The minimum Gasteiger partial charge on any atom is -0.490 e. The van der Waals surface area contributed by atoms with Crippen molar-refractivity contribution in [3.8, 4) is 5.75 Å². The summed E-state index contributed by atoms with van der Waals surface area (Å²) in [6, 6.07) is 7.91. The first-order valence-corrected chi connectivity index (χ1v) is 12.3. The first kappa shape index (κ1) is 24.9. The molecule has 9 heteroatoms. The first-order chi connectivity index (χ1) is 16.8. The van der Waals surface area contributed by atoms with Crippen LogP contribution >= 0.6 is 0 Å². The lowest BCUT2D eigenvalue weighted by atomic mass is 9.90. The van der Waals surface area contributed by atoms with Gasteiger partial charge < -0.3 is 14.4 Å². The number of rotatable bonds is 12. The van der Waals surface area contributed by atoms with Crippen LogP contribution in [0, 0.1) is 18.7 Å². The van der Waals surface area contributed by atoms with E-state index < -0.39 is 22.7 Å². The molecule has 2 aromatic heterocycles. The summed E-state index contributed by atoms with van der Waals surface area (Å²) in [5.74, 6) is 0.251. The van der Waals surface area contributed by atoms with Crippen LogP contribution in [0.1, 0.15) is 56.0 Å². The Morgan fingerprint density at radius 2 is 2.03 bits per heavy atom. The Hall–Kier alpha value is -3.20. The lowest BCUT2D eigenvalue weighted by molar-refractivity contribution is 0.00983. The Morgan fingerprint density at radius 3 is 2.74 bits per heavy atom. The maximum Gasteiger partial charge on any atom is 0.328 e. The van der Waals surface area contributed by atoms with Gasteiger partial charge in [0.1, 0.15) is 5.60 Å². The summed E-state index contributed by atoms with van der Waals surface area (Å²) in [5, 5.41) is 16.1. The number of nitrogens with zero attached hydrogens (tertiary/aromatic N) is 3. The van der Waals surface area contributed by atoms with Crippen LogP contribution < -0.4 is 16.0 Å². The zero-order valence-electron chi connectivity index (χ0n) is 20.3. The molecule has 1 aliphatic carbocycles. The second-order valence-electron chi connectivity index (χ2n) is 9.48. The number of aromatic amines is 1. The third-order valence-electron chi connectivity index (χ3n) is 6.60. The zero-order chi connectivity index (χ0) is 25.0. The third-order valence-corrected chi connectivity index (χ3v) is 6.60. The van der Waals surface area contributed by atoms with Crippen LogP contribution in [0.2, 0.25) is 0 Å². The maximum absolute atomic E-state index is 14.3. The van der Waals surface area contributed by atoms with Crippen molar-refractivity contribution in [2.75, 3.05) is 6.61 Å². The number of aromatic nitrogens is 4. The second kappa shape index (κ2) is 10.6. The molecule has 8 nitrogen and oxygen atoms in total. The van der Waals surface area contributed by atoms with Gasteiger partial charge in [-0.3, -0.25) is 14.5 Å². The Morgan fingerprint density at radius 1 is 1.23 bits per heavy atom. The van der Waals surface area contributed by atoms with E-state index in [-0.39, 0.29) is 12.3 Å². The van der Waals surface area contributed by atoms with Gasteiger partial charge in [-0.25, -0.2) is 9.18 Å². The summed E-state index contributed by atoms with van der Waals surface area (Å²) in [4.78, 5) is 25.3. The lowest BCUT2D eigenvalue weighted by Crippen LogP contribution is -2.32. The van der Waals surface area contributed by atoms with E-state index >= 15 is 0 Å². The molecule has 4 rings (SSSR count). The van der Waals surface area contributed by atoms with Crippen LogP contribution in [0.4, 0.5) is 4.39 Å². The summed E-state index contributed by atoms with van der Waals surface area (Å²) >= 11 is 0. The zero-order valence-corrected chi connectivity index (χ0v) is 20.3. The van der Waals surface area contributed by atoms with E-state index in [1.54, 1.807) is 12.1 Å². The SMILES string of the molecule is CC[C@@](O)(Cn1nc(C)cc1CCCCn1ccc(=O)[nH]c1=O)c1ccc(F)c(OCC2CC2)c1. The topological polar surface area (TPSA) is 102 Å². The fourth-order valence-electron chi connectivity index (χ4n) is 4.20. The van der Waals surface area contributed by atoms with Gasteiger partial charge in [0.05, 0.1) is 18.8 Å². The molecule has 0 unspecified atom stereocenters. The molecule has 1 atom stereocenters. The number of halogens is 1. The molecule has 0 aliphatic heterocycles. The van der Waals surface area contributed by atoms with Crippen molar-refractivity contribution in [2.45, 2.75) is 71.1 Å². The van der Waals surface area contributed by atoms with Crippen LogP contribution in [-0.4, -0.2) is 31.0 Å². The Labute approximate surface area is 203 Å². The molecular weight excluding hydrogens is 451 g/mol. The number of nitrogens with one attached hydrogen (secondary N) is 1. The van der Waals surface area contributed by atoms with Crippen molar-refractivity contribution in [1.29, 1.82) is 0 Å². The number of hydrogen-bond donors (Lipinski definition) is 2. The van der Waals surface area contributed by atoms with E-state index in [0.29, 0.717) is 31.1 Å². The van der Waals surface area contributed by atoms with Crippen LogP contribution in [-0.2, 0) is 25.1 Å². The molecular formula is C26H33FN4O4. The van der Waals surface area contributed by atoms with Gasteiger partial charge in [-0.15, -0.1) is 0 Å². The highest BCUT2D eigenvalue weighted by Gasteiger charge is 2.31. The first-order valence-electron chi connectivity index (χ1n) is 12.3. The minimum absolute atomic E-state index is 0.177. The van der Waals surface area contributed by atoms with E-state index in [9.17, 15) is 19.1 Å². The molecule has 2 heterocycles. The molecule has 0 saturated heterocycles. The van der Waals surface area contributed by atoms with Crippen LogP contribution in [0.15, 0.2) is 46.1 Å². The quantitative estimate of drug-likeness (QED) is 0.384. The molecule has 0 amide bonds. The van der Waals surface area contributed by atoms with Gasteiger partial charge >= 0.3 is 5.69 Å². The van der Waals surface area contributed by atoms with Crippen LogP contribution in [0.5, 0.6) is 5.75 Å². The maximum atomic E-state index is 14.3. The standard InChI is InChI=1S/C26H33FN4O4/c1-3-26(34,20-9-10-22(27)23(15-20)35-16-19-7-8-19)17-31-21(14-18(2)29-31)6-4-5-12-30-13-11-24(32)28-25(30)33/h9-11,13-15,19,34H,3-8,12,16-17H2,1-2H3,(H,28,32,33)/t26-/m1/s1. The number of unbranched alkanes of at least 4 members (excludes halogenated alkanes) is 1. The van der Waals surface area contributed by atoms with Crippen molar-refractivity contribution >= 4 is 0 Å². The van der Waals surface area contributed by atoms with E-state index in [2.05, 4.69) is 10.1 Å². The Bertz CT molecular complexity index is 1280. The summed E-state index contributed by atoms with van der Waals surface area (Å²) in [7, 11) is 0. The van der Waals surface area contributed by atoms with Gasteiger partial charge in [0.2, 0.25) is 0 Å². The molecule has 188 valence electrons. The monoisotopic (exact) mass is 484 g/mol. The number of benzene rings is 1. The number of aliphatic hydroxyl groups is 1. The molecule has 0 spiro atoms. The molecule has 35 heavy (non-hydrogen) atoms. The summed E-state index contributed by atoms with van der Waals surface area (Å²) < 4.78 is 23.3. The van der Waals surface area contributed by atoms with E-state index in [4.69, 9.17) is 4.74 Å². The molecule has 1 fully saturated rings. The lowest BCUT2D eigenvalue weighted by Gasteiger charge is -2.28. The average Bonchev–Trinajstić information content (AvgIpc) is 3.59. The molecule has 0 radical (unpaired) electrons. The van der Waals surface area contributed by atoms with Gasteiger partial charge in [0.15, 0.2) is 11.6 Å². The second-order valence-corrected chi connectivity index (χ2v) is 9.48. The highest BCUT2D eigenvalue weighted by atomic mass is 19.1. The van der Waals surface area contributed by atoms with E-state index in [1.807, 2.05) is 24.6 Å². The van der Waals surface area contributed by atoms with Crippen molar-refractivity contribution in [2.24, 2.45) is 5.92 Å². The van der Waals surface area contributed by atoms with Gasteiger partial charge in [0, 0.05) is 24.5 Å². The number of aryl methyl sites for hydroxylation is 3. The predicted octanol–water partition coefficient (Wildman–Crippen LogP) is 3.29. The Balaban J connectivity index is 1.43. The fourth-order valence-corrected chi connectivity index (χ4v) is 4.20. The molecule has 1 aromatic carbocycles. The van der Waals surface area contributed by atoms with Crippen molar-refractivity contribution in [3.63, 3.8) is 0 Å². The van der Waals surface area contributed by atoms with Crippen molar-refractivity contribution in [1.82, 2.24) is 19.3 Å². The van der Waals surface area contributed by atoms with Crippen molar-refractivity contribution in [3.05, 3.63) is 80.1 Å². The van der Waals surface area contributed by atoms with Gasteiger partial charge in [0.25, 0.3) is 5.56 Å². The van der Waals surface area contributed by atoms with E-state index in [1.165, 1.54) is 22.9 Å². The highest BCUT2D eigenvalue weighted by Crippen LogP contribution is 2.34. The molecule has 0 bridgehead atoms. The van der Waals surface area contributed by atoms with Crippen LogP contribution in [0.25, 0.3) is 0 Å². The minimum atomic E-state index is -1.23. The molecule has 1 saturated carbocycles. The summed E-state index contributed by atoms with van der Waals surface area (Å²) in [5.41, 5.74) is 0.382. The molecule has 3 aromatic rings. The van der Waals surface area contributed by atoms with Crippen LogP contribution in [0.3, 0.4) is 0 Å². The fraction of sp³-hybridized carbons (Fsp3) is 0.500. The molecule has 2 N–H and O–H groups in total. The average molecular weight is 485 g/mol. The normalized spacial score (nSPS) is 15.2. The number of hydrogen-bond acceptors (Lipinski definition) is 5. The van der Waals surface area contributed by atoms with Gasteiger partial charge in [-0.1, -0.05) is 13.0 Å². The molecule has 1 aliphatic rings. The number of ether oxygens (including phenoxy) is 1. The van der Waals surface area contributed by atoms with E-state index in [0.717, 1.165) is 43.5 Å². The number of H-pyrrole nitrogens is 1.